The van der Waals surface area contributed by atoms with Crippen LogP contribution in [0, 0.1) is 0 Å². The van der Waals surface area contributed by atoms with Crippen LogP contribution in [0.15, 0.2) is 30.3 Å². The van der Waals surface area contributed by atoms with Crippen LogP contribution in [-0.2, 0) is 14.3 Å². The number of ether oxygens (including phenoxy) is 1. The minimum absolute atomic E-state index is 0. The molecule has 0 saturated heterocycles. The number of esters is 1. The monoisotopic (exact) mass is 349 g/mol. The Balaban J connectivity index is -0.000000963. The van der Waals surface area contributed by atoms with Gasteiger partial charge >= 0.3 is 107 Å². The largest absolute Gasteiger partial charge is 0.412 e. The molecule has 0 bridgehead atoms. The molecule has 7 nitrogen and oxygen atoms in total. The van der Waals surface area contributed by atoms with E-state index in [4.69, 9.17) is 4.74 Å². The van der Waals surface area contributed by atoms with Gasteiger partial charge in [0, 0.05) is 0 Å². The molecule has 0 aromatic heterocycles. The normalized spacial score (nSPS) is 8.30. The summed E-state index contributed by atoms with van der Waals surface area (Å²) in [5, 5.41) is 0. The summed E-state index contributed by atoms with van der Waals surface area (Å²) in [6.07, 6.45) is -0.166. The summed E-state index contributed by atoms with van der Waals surface area (Å²) in [4.78, 5) is 22.8. The van der Waals surface area contributed by atoms with Gasteiger partial charge in [0.25, 0.3) is 0 Å². The molecule has 2 radical (unpaired) electrons. The maximum Gasteiger partial charge on any atom is -0.412 e. The molecule has 8 heteroatoms. The fourth-order valence-electron chi connectivity index (χ4n) is 1.22. The number of carbonyl (C=O) groups is 2. The Morgan fingerprint density at radius 1 is 1.15 bits per heavy atom. The fraction of sp³-hybridized carbons (Fsp3) is 0.333. The molecule has 1 aromatic rings. The van der Waals surface area contributed by atoms with Crippen molar-refractivity contribution in [2.75, 3.05) is 13.7 Å². The molecule has 1 rings (SSSR count). The number of carbonyl (C=O) groups excluding carboxylic acids is 2. The van der Waals surface area contributed by atoms with E-state index in [2.05, 4.69) is 0 Å². The number of rotatable bonds is 5. The summed E-state index contributed by atoms with van der Waals surface area (Å²) in [5.74, 6) is -0.628. The molecule has 0 atom stereocenters. The van der Waals surface area contributed by atoms with Gasteiger partial charge in [0.05, 0.1) is 0 Å². The quantitative estimate of drug-likeness (QED) is 0.341. The molecular weight excluding hydrogens is 327 g/mol. The van der Waals surface area contributed by atoms with Gasteiger partial charge in [-0.05, 0) is 0 Å². The average molecular weight is 348 g/mol. The molecule has 0 aliphatic heterocycles. The van der Waals surface area contributed by atoms with Crippen LogP contribution in [0.5, 0.6) is 0 Å². The SMILES string of the molecule is CCOC(=O)CC(=O)[N](C)[Ge][c]1ccccc1.O.O.O. The maximum absolute atomic E-state index is 11.7. The molecule has 0 heterocycles. The van der Waals surface area contributed by atoms with E-state index in [-0.39, 0.29) is 28.8 Å². The second-order valence-corrected chi connectivity index (χ2v) is 6.50. The van der Waals surface area contributed by atoms with Crippen LogP contribution in [0.1, 0.15) is 13.3 Å². The van der Waals surface area contributed by atoms with Crippen LogP contribution < -0.4 is 4.40 Å². The molecule has 1 amide bonds. The standard InChI is InChI=1S/C12H15GeNO3.3H2O/c1-3-17-12(16)9-11(15)14(2)13-10-7-5-4-6-8-10;;;/h4-8H,3,9H2,1-2H3;3*1H2. The number of hydrogen-bond donors (Lipinski definition) is 0. The first-order valence-electron chi connectivity index (χ1n) is 5.37. The van der Waals surface area contributed by atoms with E-state index >= 15 is 0 Å². The van der Waals surface area contributed by atoms with Crippen molar-refractivity contribution in [1.29, 1.82) is 0 Å². The fourth-order valence-corrected chi connectivity index (χ4v) is 3.18. The first kappa shape index (κ1) is 23.7. The van der Waals surface area contributed by atoms with E-state index in [9.17, 15) is 9.59 Å². The van der Waals surface area contributed by atoms with Gasteiger partial charge in [-0.25, -0.2) is 0 Å². The Kier molecular flexibility index (Phi) is 14.9. The number of hydrogen-bond acceptors (Lipinski definition) is 3. The van der Waals surface area contributed by atoms with Crippen LogP contribution in [0.4, 0.5) is 0 Å². The van der Waals surface area contributed by atoms with Crippen LogP contribution >= 0.6 is 0 Å². The predicted octanol–water partition coefficient (Wildman–Crippen LogP) is -2.13. The Hall–Kier alpha value is -1.42. The van der Waals surface area contributed by atoms with Gasteiger partial charge in [0.1, 0.15) is 0 Å². The third-order valence-corrected chi connectivity index (χ3v) is 4.51. The molecule has 0 spiro atoms. The molecule has 0 fully saturated rings. The van der Waals surface area contributed by atoms with Gasteiger partial charge in [0.2, 0.25) is 0 Å². The minimum Gasteiger partial charge on any atom is -0.412 e. The summed E-state index contributed by atoms with van der Waals surface area (Å²) < 4.78 is 7.54. The number of benzene rings is 1. The van der Waals surface area contributed by atoms with Crippen molar-refractivity contribution < 1.29 is 30.8 Å². The predicted molar refractivity (Wildman–Crippen MR) is 76.7 cm³/mol. The Labute approximate surface area is 124 Å². The molecule has 0 unspecified atom stereocenters. The van der Waals surface area contributed by atoms with Gasteiger partial charge in [-0.2, -0.15) is 0 Å². The number of amides is 1. The van der Waals surface area contributed by atoms with E-state index in [0.29, 0.717) is 6.61 Å². The Morgan fingerprint density at radius 2 is 1.70 bits per heavy atom. The first-order chi connectivity index (χ1) is 8.13. The van der Waals surface area contributed by atoms with E-state index in [1.54, 1.807) is 17.8 Å². The third kappa shape index (κ3) is 8.64. The molecule has 6 N–H and O–H groups in total. The first-order valence-corrected chi connectivity index (χ1v) is 7.36. The zero-order valence-electron chi connectivity index (χ0n) is 11.5. The van der Waals surface area contributed by atoms with Gasteiger partial charge < -0.3 is 16.4 Å². The zero-order chi connectivity index (χ0) is 12.7. The molecule has 0 aliphatic rings. The maximum atomic E-state index is 11.7. The van der Waals surface area contributed by atoms with Crippen molar-refractivity contribution in [2.45, 2.75) is 13.3 Å². The minimum atomic E-state index is -0.684. The van der Waals surface area contributed by atoms with Crippen LogP contribution in [0.2, 0.25) is 0 Å². The second-order valence-electron chi connectivity index (χ2n) is 3.41. The molecule has 114 valence electrons. The average Bonchev–Trinajstić information content (AvgIpc) is 2.30. The molecular formula is C12H21GeNO6. The summed E-state index contributed by atoms with van der Waals surface area (Å²) in [7, 11) is 1.73. The topological polar surface area (TPSA) is 141 Å². The summed E-state index contributed by atoms with van der Waals surface area (Å²) >= 11 is -0.684. The van der Waals surface area contributed by atoms with E-state index in [1.165, 1.54) is 0 Å². The molecule has 0 saturated carbocycles. The van der Waals surface area contributed by atoms with Gasteiger partial charge in [0.15, 0.2) is 0 Å². The van der Waals surface area contributed by atoms with Crippen molar-refractivity contribution in [3.8, 4) is 0 Å². The van der Waals surface area contributed by atoms with Gasteiger partial charge in [-0.1, -0.05) is 0 Å². The Bertz CT molecular complexity index is 387. The Morgan fingerprint density at radius 3 is 2.20 bits per heavy atom. The van der Waals surface area contributed by atoms with E-state index < -0.39 is 21.6 Å². The van der Waals surface area contributed by atoms with E-state index in [0.717, 1.165) is 4.40 Å². The van der Waals surface area contributed by atoms with Crippen LogP contribution in [0.3, 0.4) is 0 Å². The van der Waals surface area contributed by atoms with E-state index in [1.807, 2.05) is 30.3 Å². The van der Waals surface area contributed by atoms with Crippen molar-refractivity contribution >= 4 is 31.9 Å². The second kappa shape index (κ2) is 12.6. The molecule has 0 aliphatic carbocycles. The van der Waals surface area contributed by atoms with Gasteiger partial charge in [-0.3, -0.25) is 0 Å². The summed E-state index contributed by atoms with van der Waals surface area (Å²) in [6, 6.07) is 9.82. The molecule has 20 heavy (non-hydrogen) atoms. The van der Waals surface area contributed by atoms with Crippen LogP contribution in [0.25, 0.3) is 0 Å². The van der Waals surface area contributed by atoms with Crippen LogP contribution in [-0.4, -0.2) is 61.5 Å². The van der Waals surface area contributed by atoms with Crippen molar-refractivity contribution in [2.24, 2.45) is 0 Å². The van der Waals surface area contributed by atoms with Gasteiger partial charge in [-0.15, -0.1) is 0 Å². The third-order valence-electron chi connectivity index (χ3n) is 2.05. The zero-order valence-corrected chi connectivity index (χ0v) is 13.6. The smallest absolute Gasteiger partial charge is 0.412 e. The summed E-state index contributed by atoms with van der Waals surface area (Å²) in [6.45, 7) is 2.04. The molecule has 1 aromatic carbocycles. The number of nitrogens with zero attached hydrogens (tertiary/aromatic N) is 1. The summed E-state index contributed by atoms with van der Waals surface area (Å²) in [5.41, 5.74) is 0. The van der Waals surface area contributed by atoms with Crippen molar-refractivity contribution in [3.05, 3.63) is 30.3 Å². The van der Waals surface area contributed by atoms with Crippen molar-refractivity contribution in [1.82, 2.24) is 3.86 Å². The van der Waals surface area contributed by atoms with Crippen molar-refractivity contribution in [3.63, 3.8) is 0 Å².